The molecule has 0 N–H and O–H groups in total. The molecule has 0 aliphatic heterocycles. The highest BCUT2D eigenvalue weighted by atomic mass is 28.4. The maximum Gasteiger partial charge on any atom is 0.523 e. The molecule has 0 aromatic rings. The summed E-state index contributed by atoms with van der Waals surface area (Å²) >= 11 is 0. The first-order chi connectivity index (χ1) is 8.59. The van der Waals surface area contributed by atoms with Gasteiger partial charge in [0.25, 0.3) is 0 Å². The number of aliphatic imine (C=N–C) groups is 1. The van der Waals surface area contributed by atoms with E-state index in [2.05, 4.69) is 4.99 Å². The molecule has 10 heteroatoms. The van der Waals surface area contributed by atoms with Gasteiger partial charge in [-0.25, -0.2) is 9.79 Å². The monoisotopic (exact) mass is 299 g/mol. The maximum absolute atomic E-state index is 9.76. The molecule has 0 saturated heterocycles. The average molecular weight is 299 g/mol. The third-order valence-electron chi connectivity index (χ3n) is 1.85. The fourth-order valence-electron chi connectivity index (χ4n) is 0.861. The molecule has 0 heterocycles. The van der Waals surface area contributed by atoms with Crippen molar-refractivity contribution in [2.45, 2.75) is 0 Å². The standard InChI is InChI=1S/C5H11NO4Si.C3H10O3Si/c1-8-11(9-2,10-3)5-6-4-7;1-4-7(5-2)6-3/h5H2,1-3H3;7H,1-3H3. The lowest BCUT2D eigenvalue weighted by atomic mass is 11.4. The zero-order valence-electron chi connectivity index (χ0n) is 11.6. The molecule has 0 aliphatic carbocycles. The Labute approximate surface area is 110 Å². The van der Waals surface area contributed by atoms with E-state index in [-0.39, 0.29) is 6.17 Å². The molecule has 18 heavy (non-hydrogen) atoms. The van der Waals surface area contributed by atoms with Gasteiger partial charge >= 0.3 is 18.3 Å². The van der Waals surface area contributed by atoms with Crippen LogP contribution in [0.4, 0.5) is 0 Å². The van der Waals surface area contributed by atoms with Gasteiger partial charge in [-0.3, -0.25) is 0 Å². The quantitative estimate of drug-likeness (QED) is 0.335. The normalized spacial score (nSPS) is 10.6. The molecule has 0 radical (unpaired) electrons. The number of hydrogen-bond donors (Lipinski definition) is 0. The summed E-state index contributed by atoms with van der Waals surface area (Å²) in [6.07, 6.45) is 1.51. The number of rotatable bonds is 8. The van der Waals surface area contributed by atoms with Gasteiger partial charge in [0.2, 0.25) is 6.08 Å². The predicted molar refractivity (Wildman–Crippen MR) is 67.9 cm³/mol. The number of carbonyl (C=O) groups excluding carboxylic acids is 1. The van der Waals surface area contributed by atoms with E-state index in [4.69, 9.17) is 26.6 Å². The van der Waals surface area contributed by atoms with Crippen LogP contribution in [0.5, 0.6) is 0 Å². The van der Waals surface area contributed by atoms with Crippen molar-refractivity contribution in [1.82, 2.24) is 0 Å². The molecule has 0 fully saturated rings. The minimum atomic E-state index is -2.67. The summed E-state index contributed by atoms with van der Waals surface area (Å²) in [6, 6.07) is 0. The minimum Gasteiger partial charge on any atom is -0.379 e. The summed E-state index contributed by atoms with van der Waals surface area (Å²) in [7, 11) is 4.75. The van der Waals surface area contributed by atoms with Crippen molar-refractivity contribution >= 4 is 24.4 Å². The number of nitrogens with zero attached hydrogens (tertiary/aromatic N) is 1. The van der Waals surface area contributed by atoms with Crippen molar-refractivity contribution in [3.05, 3.63) is 0 Å². The van der Waals surface area contributed by atoms with Gasteiger partial charge < -0.3 is 26.6 Å². The Hall–Kier alpha value is -0.426. The van der Waals surface area contributed by atoms with E-state index < -0.39 is 18.3 Å². The van der Waals surface area contributed by atoms with Crippen molar-refractivity contribution in [3.8, 4) is 0 Å². The highest BCUT2D eigenvalue weighted by molar-refractivity contribution is 6.60. The molecule has 0 aromatic carbocycles. The zero-order valence-corrected chi connectivity index (χ0v) is 13.7. The summed E-state index contributed by atoms with van der Waals surface area (Å²) < 4.78 is 29.1. The van der Waals surface area contributed by atoms with Crippen molar-refractivity contribution in [2.24, 2.45) is 4.99 Å². The average Bonchev–Trinajstić information content (AvgIpc) is 2.44. The Bertz CT molecular complexity index is 216. The van der Waals surface area contributed by atoms with Gasteiger partial charge in [-0.05, 0) is 0 Å². The molecule has 0 bridgehead atoms. The summed E-state index contributed by atoms with van der Waals surface area (Å²) in [6.45, 7) is 0. The Morgan fingerprint density at radius 1 is 0.944 bits per heavy atom. The molecule has 8 nitrogen and oxygen atoms in total. The Balaban J connectivity index is 0. The van der Waals surface area contributed by atoms with E-state index >= 15 is 0 Å². The van der Waals surface area contributed by atoms with Crippen LogP contribution in [0.25, 0.3) is 0 Å². The summed E-state index contributed by atoms with van der Waals surface area (Å²) in [5.41, 5.74) is 0. The van der Waals surface area contributed by atoms with Crippen LogP contribution >= 0.6 is 0 Å². The van der Waals surface area contributed by atoms with E-state index in [9.17, 15) is 4.79 Å². The molecule has 0 amide bonds. The fourth-order valence-corrected chi connectivity index (χ4v) is 2.58. The highest BCUT2D eigenvalue weighted by Crippen LogP contribution is 2.04. The van der Waals surface area contributed by atoms with Gasteiger partial charge in [-0.2, -0.15) is 0 Å². The molecular formula is C8H21NO7Si2. The molecule has 0 aromatic heterocycles. The maximum atomic E-state index is 9.76. The molecule has 0 saturated carbocycles. The van der Waals surface area contributed by atoms with Crippen molar-refractivity contribution < 1.29 is 31.4 Å². The van der Waals surface area contributed by atoms with Gasteiger partial charge in [0, 0.05) is 42.7 Å². The molecule has 0 spiro atoms. The SMILES string of the molecule is CO[SiH](OC)OC.CO[Si](CN=C=O)(OC)OC. The lowest BCUT2D eigenvalue weighted by Crippen LogP contribution is -2.46. The van der Waals surface area contributed by atoms with E-state index in [0.717, 1.165) is 0 Å². The van der Waals surface area contributed by atoms with E-state index in [1.807, 2.05) is 0 Å². The van der Waals surface area contributed by atoms with Gasteiger partial charge in [-0.15, -0.1) is 0 Å². The van der Waals surface area contributed by atoms with Crippen LogP contribution in [0, 0.1) is 0 Å². The third-order valence-corrected chi connectivity index (χ3v) is 5.41. The van der Waals surface area contributed by atoms with E-state index in [1.165, 1.54) is 27.4 Å². The number of hydrogen-bond acceptors (Lipinski definition) is 8. The highest BCUT2D eigenvalue weighted by Gasteiger charge is 2.37. The first-order valence-corrected chi connectivity index (χ1v) is 8.21. The van der Waals surface area contributed by atoms with Crippen molar-refractivity contribution in [1.29, 1.82) is 0 Å². The molecule has 0 rings (SSSR count). The van der Waals surface area contributed by atoms with Crippen LogP contribution in [0.2, 0.25) is 0 Å². The Morgan fingerprint density at radius 3 is 1.50 bits per heavy atom. The fraction of sp³-hybridized carbons (Fsp3) is 0.875. The van der Waals surface area contributed by atoms with Crippen LogP contribution in [-0.2, 0) is 31.4 Å². The smallest absolute Gasteiger partial charge is 0.379 e. The van der Waals surface area contributed by atoms with Crippen molar-refractivity contribution in [2.75, 3.05) is 48.8 Å². The molecule has 0 atom stereocenters. The van der Waals surface area contributed by atoms with Crippen LogP contribution < -0.4 is 0 Å². The van der Waals surface area contributed by atoms with Crippen LogP contribution in [-0.4, -0.2) is 73.2 Å². The molecule has 0 aliphatic rings. The lowest BCUT2D eigenvalue weighted by Gasteiger charge is -2.21. The molecular weight excluding hydrogens is 278 g/mol. The summed E-state index contributed by atoms with van der Waals surface area (Å²) in [4.78, 5) is 13.1. The second kappa shape index (κ2) is 13.0. The molecule has 0 unspecified atom stereocenters. The Morgan fingerprint density at radius 2 is 1.33 bits per heavy atom. The molecule has 108 valence electrons. The van der Waals surface area contributed by atoms with Crippen molar-refractivity contribution in [3.63, 3.8) is 0 Å². The minimum absolute atomic E-state index is 0.111. The summed E-state index contributed by atoms with van der Waals surface area (Å²) in [5.74, 6) is 0. The summed E-state index contributed by atoms with van der Waals surface area (Å²) in [5, 5.41) is 0. The zero-order chi connectivity index (χ0) is 14.4. The van der Waals surface area contributed by atoms with Gasteiger partial charge in [-0.1, -0.05) is 0 Å². The second-order valence-electron chi connectivity index (χ2n) is 2.70. The largest absolute Gasteiger partial charge is 0.523 e. The van der Waals surface area contributed by atoms with Crippen LogP contribution in [0.15, 0.2) is 4.99 Å². The van der Waals surface area contributed by atoms with Gasteiger partial charge in [0.05, 0.1) is 0 Å². The third kappa shape index (κ3) is 8.63. The second-order valence-corrected chi connectivity index (χ2v) is 7.60. The van der Waals surface area contributed by atoms with Crippen LogP contribution in [0.1, 0.15) is 0 Å². The van der Waals surface area contributed by atoms with E-state index in [0.29, 0.717) is 0 Å². The first kappa shape index (κ1) is 19.9. The predicted octanol–water partition coefficient (Wildman–Crippen LogP) is -0.618. The van der Waals surface area contributed by atoms with Gasteiger partial charge in [0.1, 0.15) is 6.17 Å². The van der Waals surface area contributed by atoms with E-state index in [1.54, 1.807) is 21.3 Å². The Kier molecular flexibility index (Phi) is 14.4. The number of isocyanates is 1. The van der Waals surface area contributed by atoms with Gasteiger partial charge in [0.15, 0.2) is 0 Å². The topological polar surface area (TPSA) is 84.8 Å². The lowest BCUT2D eigenvalue weighted by molar-refractivity contribution is 0.125. The first-order valence-electron chi connectivity index (χ1n) is 4.87. The van der Waals surface area contributed by atoms with Crippen LogP contribution in [0.3, 0.4) is 0 Å².